The molecule has 1 atom stereocenters. The lowest BCUT2D eigenvalue weighted by molar-refractivity contribution is 0.306. The van der Waals surface area contributed by atoms with Crippen molar-refractivity contribution in [1.82, 2.24) is 5.32 Å². The normalized spacial score (nSPS) is 13.4. The van der Waals surface area contributed by atoms with E-state index in [1.165, 1.54) is 24.0 Å². The Kier molecular flexibility index (Phi) is 7.27. The first kappa shape index (κ1) is 15.8. The molecule has 0 amide bonds. The van der Waals surface area contributed by atoms with Gasteiger partial charge in [0.2, 0.25) is 0 Å². The van der Waals surface area contributed by atoms with E-state index in [0.717, 1.165) is 18.8 Å². The third kappa shape index (κ3) is 5.93. The lowest BCUT2D eigenvalue weighted by atomic mass is 10.1. The van der Waals surface area contributed by atoms with Crippen molar-refractivity contribution in [2.75, 3.05) is 13.7 Å². The second kappa shape index (κ2) is 8.76. The van der Waals surface area contributed by atoms with Gasteiger partial charge in [0.1, 0.15) is 5.75 Å². The zero-order valence-corrected chi connectivity index (χ0v) is 12.7. The molecule has 1 unspecified atom stereocenters. The van der Waals surface area contributed by atoms with Gasteiger partial charge in [-0.25, -0.2) is 0 Å². The van der Waals surface area contributed by atoms with Crippen LogP contribution in [-0.2, 0) is 0 Å². The molecule has 0 aliphatic heterocycles. The van der Waals surface area contributed by atoms with Crippen molar-refractivity contribution in [3.05, 3.63) is 35.4 Å². The van der Waals surface area contributed by atoms with Gasteiger partial charge in [0.25, 0.3) is 0 Å². The minimum absolute atomic E-state index is 0.407. The van der Waals surface area contributed by atoms with Crippen LogP contribution in [0.2, 0.25) is 0 Å². The molecule has 2 nitrogen and oxygen atoms in total. The van der Waals surface area contributed by atoms with Crippen LogP contribution in [0.3, 0.4) is 0 Å². The molecule has 0 bridgehead atoms. The monoisotopic (exact) mass is 261 g/mol. The number of likely N-dealkylation sites (N-methyl/N-ethyl adjacent to an activating group) is 1. The third-order valence-electron chi connectivity index (χ3n) is 3.41. The second-order valence-corrected chi connectivity index (χ2v) is 5.02. The van der Waals surface area contributed by atoms with E-state index in [1.807, 2.05) is 7.05 Å². The predicted molar refractivity (Wildman–Crippen MR) is 83.6 cm³/mol. The fraction of sp³-hybridized carbons (Fsp3) is 0.529. The van der Waals surface area contributed by atoms with Gasteiger partial charge in [0.15, 0.2) is 0 Å². The van der Waals surface area contributed by atoms with Gasteiger partial charge in [-0.15, -0.1) is 0 Å². The quantitative estimate of drug-likeness (QED) is 0.706. The number of benzene rings is 1. The van der Waals surface area contributed by atoms with Crippen molar-refractivity contribution in [2.45, 2.75) is 46.1 Å². The zero-order chi connectivity index (χ0) is 14.1. The average Bonchev–Trinajstić information content (AvgIpc) is 2.44. The van der Waals surface area contributed by atoms with Crippen molar-refractivity contribution >= 4 is 6.08 Å². The number of unbranched alkanes of at least 4 members (excludes halogenated alkanes) is 2. The highest BCUT2D eigenvalue weighted by molar-refractivity contribution is 5.54. The smallest absolute Gasteiger partial charge is 0.119 e. The minimum atomic E-state index is 0.407. The van der Waals surface area contributed by atoms with Gasteiger partial charge in [-0.2, -0.15) is 0 Å². The molecule has 1 N–H and O–H groups in total. The Hall–Kier alpha value is -1.28. The summed E-state index contributed by atoms with van der Waals surface area (Å²) in [5, 5.41) is 3.24. The van der Waals surface area contributed by atoms with E-state index >= 15 is 0 Å². The standard InChI is InChI=1S/C17H27NO/c1-5-6-7-12-19-17-10-8-16(9-11-17)13-14(2)15(3)18-4/h8-11,13,15,18H,5-7,12H2,1-4H3/b14-13-. The van der Waals surface area contributed by atoms with Crippen molar-refractivity contribution in [1.29, 1.82) is 0 Å². The van der Waals surface area contributed by atoms with Gasteiger partial charge < -0.3 is 10.1 Å². The summed E-state index contributed by atoms with van der Waals surface area (Å²) in [6.45, 7) is 7.34. The number of ether oxygens (including phenoxy) is 1. The Morgan fingerprint density at radius 2 is 1.95 bits per heavy atom. The van der Waals surface area contributed by atoms with Crippen LogP contribution in [-0.4, -0.2) is 19.7 Å². The summed E-state index contributed by atoms with van der Waals surface area (Å²) in [6.07, 6.45) is 5.82. The van der Waals surface area contributed by atoms with Gasteiger partial charge in [-0.3, -0.25) is 0 Å². The Morgan fingerprint density at radius 3 is 2.53 bits per heavy atom. The van der Waals surface area contributed by atoms with Crippen LogP contribution in [0, 0.1) is 0 Å². The fourth-order valence-corrected chi connectivity index (χ4v) is 1.82. The van der Waals surface area contributed by atoms with Crippen LogP contribution in [0.15, 0.2) is 29.8 Å². The molecule has 106 valence electrons. The van der Waals surface area contributed by atoms with Gasteiger partial charge in [-0.05, 0) is 45.0 Å². The lowest BCUT2D eigenvalue weighted by Gasteiger charge is -2.11. The van der Waals surface area contributed by atoms with Gasteiger partial charge in [-0.1, -0.05) is 43.5 Å². The topological polar surface area (TPSA) is 21.3 Å². The highest BCUT2D eigenvalue weighted by Gasteiger charge is 2.00. The zero-order valence-electron chi connectivity index (χ0n) is 12.7. The van der Waals surface area contributed by atoms with Crippen molar-refractivity contribution < 1.29 is 4.74 Å². The van der Waals surface area contributed by atoms with Crippen LogP contribution in [0.1, 0.15) is 45.6 Å². The first-order valence-corrected chi connectivity index (χ1v) is 7.25. The Morgan fingerprint density at radius 1 is 1.26 bits per heavy atom. The summed E-state index contributed by atoms with van der Waals surface area (Å²) in [7, 11) is 1.98. The molecule has 0 fully saturated rings. The van der Waals surface area contributed by atoms with Gasteiger partial charge in [0, 0.05) is 6.04 Å². The highest BCUT2D eigenvalue weighted by atomic mass is 16.5. The van der Waals surface area contributed by atoms with Crippen molar-refractivity contribution in [3.8, 4) is 5.75 Å². The number of hydrogen-bond donors (Lipinski definition) is 1. The predicted octanol–water partition coefficient (Wildman–Crippen LogP) is 4.27. The molecule has 19 heavy (non-hydrogen) atoms. The summed E-state index contributed by atoms with van der Waals surface area (Å²) < 4.78 is 5.70. The summed E-state index contributed by atoms with van der Waals surface area (Å²) in [4.78, 5) is 0. The number of rotatable bonds is 8. The molecule has 1 aromatic rings. The molecule has 0 aromatic heterocycles. The minimum Gasteiger partial charge on any atom is -0.494 e. The highest BCUT2D eigenvalue weighted by Crippen LogP contribution is 2.16. The van der Waals surface area contributed by atoms with E-state index in [0.29, 0.717) is 6.04 Å². The molecule has 0 spiro atoms. The first-order chi connectivity index (χ1) is 9.17. The average molecular weight is 261 g/mol. The van der Waals surface area contributed by atoms with Gasteiger partial charge in [0.05, 0.1) is 6.61 Å². The van der Waals surface area contributed by atoms with Crippen LogP contribution in [0.25, 0.3) is 6.08 Å². The Bertz CT molecular complexity index is 381. The van der Waals surface area contributed by atoms with E-state index in [4.69, 9.17) is 4.74 Å². The van der Waals surface area contributed by atoms with Crippen LogP contribution in [0.4, 0.5) is 0 Å². The molecule has 0 saturated carbocycles. The lowest BCUT2D eigenvalue weighted by Crippen LogP contribution is -2.21. The Labute approximate surface area is 117 Å². The third-order valence-corrected chi connectivity index (χ3v) is 3.41. The molecule has 1 aromatic carbocycles. The molecule has 0 heterocycles. The number of nitrogens with one attached hydrogen (secondary N) is 1. The van der Waals surface area contributed by atoms with Crippen LogP contribution in [0.5, 0.6) is 5.75 Å². The molecule has 0 saturated heterocycles. The maximum atomic E-state index is 5.70. The van der Waals surface area contributed by atoms with E-state index in [-0.39, 0.29) is 0 Å². The fourth-order valence-electron chi connectivity index (χ4n) is 1.82. The number of hydrogen-bond acceptors (Lipinski definition) is 2. The molecule has 2 heteroatoms. The van der Waals surface area contributed by atoms with Crippen molar-refractivity contribution in [2.24, 2.45) is 0 Å². The van der Waals surface area contributed by atoms with E-state index in [1.54, 1.807) is 0 Å². The molecule has 0 radical (unpaired) electrons. The van der Waals surface area contributed by atoms with Crippen molar-refractivity contribution in [3.63, 3.8) is 0 Å². The van der Waals surface area contributed by atoms with E-state index < -0.39 is 0 Å². The van der Waals surface area contributed by atoms with Crippen LogP contribution < -0.4 is 10.1 Å². The SMILES string of the molecule is CCCCCOc1ccc(/C=C(/C)C(C)NC)cc1. The van der Waals surface area contributed by atoms with Gasteiger partial charge >= 0.3 is 0 Å². The van der Waals surface area contributed by atoms with E-state index in [9.17, 15) is 0 Å². The van der Waals surface area contributed by atoms with E-state index in [2.05, 4.69) is 56.4 Å². The van der Waals surface area contributed by atoms with Crippen LogP contribution >= 0.6 is 0 Å². The molecule has 1 rings (SSSR count). The summed E-state index contributed by atoms with van der Waals surface area (Å²) in [5.74, 6) is 0.965. The molecular weight excluding hydrogens is 234 g/mol. The Balaban J connectivity index is 2.51. The molecule has 0 aliphatic rings. The summed E-state index contributed by atoms with van der Waals surface area (Å²) >= 11 is 0. The largest absolute Gasteiger partial charge is 0.494 e. The maximum absolute atomic E-state index is 5.70. The first-order valence-electron chi connectivity index (χ1n) is 7.25. The molecule has 0 aliphatic carbocycles. The molecular formula is C17H27NO. The summed E-state index contributed by atoms with van der Waals surface area (Å²) in [5.41, 5.74) is 2.56. The maximum Gasteiger partial charge on any atom is 0.119 e. The second-order valence-electron chi connectivity index (χ2n) is 5.02. The summed E-state index contributed by atoms with van der Waals surface area (Å²) in [6, 6.07) is 8.73.